The Bertz CT molecular complexity index is 1140. The maximum Gasteiger partial charge on any atom is 0.258 e. The van der Waals surface area contributed by atoms with Crippen molar-refractivity contribution in [3.8, 4) is 23.3 Å². The van der Waals surface area contributed by atoms with Gasteiger partial charge in [0.15, 0.2) is 0 Å². The number of nitriles is 1. The van der Waals surface area contributed by atoms with Gasteiger partial charge in [-0.3, -0.25) is 4.79 Å². The van der Waals surface area contributed by atoms with Crippen molar-refractivity contribution < 1.29 is 18.9 Å². The lowest BCUT2D eigenvalue weighted by Gasteiger charge is -2.28. The number of ether oxygens (including phenoxy) is 4. The summed E-state index contributed by atoms with van der Waals surface area (Å²) in [5.74, 6) is 0.664. The first-order chi connectivity index (χ1) is 15.0. The SMILES string of the molecule is COc1ccc(OC)c([C@@H]2C(C#N)=C(N)Oc3cc(C)n(C[C@H]4CCCO4)c(=O)c32)c1. The van der Waals surface area contributed by atoms with Crippen molar-refractivity contribution in [1.82, 2.24) is 4.57 Å². The average molecular weight is 423 g/mol. The van der Waals surface area contributed by atoms with Crippen LogP contribution in [-0.4, -0.2) is 31.5 Å². The molecule has 1 fully saturated rings. The molecule has 0 radical (unpaired) electrons. The second-order valence-electron chi connectivity index (χ2n) is 7.65. The summed E-state index contributed by atoms with van der Waals surface area (Å²) < 4.78 is 24.1. The van der Waals surface area contributed by atoms with Crippen molar-refractivity contribution in [1.29, 1.82) is 5.26 Å². The fourth-order valence-corrected chi connectivity index (χ4v) is 4.28. The Morgan fingerprint density at radius 2 is 2.10 bits per heavy atom. The summed E-state index contributed by atoms with van der Waals surface area (Å²) in [6, 6.07) is 9.17. The lowest BCUT2D eigenvalue weighted by Crippen LogP contribution is -2.35. The summed E-state index contributed by atoms with van der Waals surface area (Å²) in [4.78, 5) is 13.7. The third kappa shape index (κ3) is 3.62. The van der Waals surface area contributed by atoms with E-state index in [-0.39, 0.29) is 23.1 Å². The van der Waals surface area contributed by atoms with E-state index in [1.165, 1.54) is 7.11 Å². The summed E-state index contributed by atoms with van der Waals surface area (Å²) in [6.07, 6.45) is 1.87. The van der Waals surface area contributed by atoms with Gasteiger partial charge in [0, 0.05) is 23.9 Å². The van der Waals surface area contributed by atoms with Gasteiger partial charge in [-0.05, 0) is 38.0 Å². The smallest absolute Gasteiger partial charge is 0.258 e. The normalized spacial score (nSPS) is 20.1. The van der Waals surface area contributed by atoms with E-state index in [0.29, 0.717) is 41.5 Å². The highest BCUT2D eigenvalue weighted by molar-refractivity contribution is 5.59. The number of hydrogen-bond acceptors (Lipinski definition) is 7. The van der Waals surface area contributed by atoms with Crippen molar-refractivity contribution in [3.05, 3.63) is 62.9 Å². The van der Waals surface area contributed by atoms with Crippen LogP contribution in [0.3, 0.4) is 0 Å². The van der Waals surface area contributed by atoms with Crippen molar-refractivity contribution in [2.45, 2.75) is 38.3 Å². The Kier molecular flexibility index (Phi) is 5.61. The van der Waals surface area contributed by atoms with Crippen LogP contribution in [0.2, 0.25) is 0 Å². The summed E-state index contributed by atoms with van der Waals surface area (Å²) in [5, 5.41) is 9.88. The molecular weight excluding hydrogens is 398 g/mol. The number of allylic oxidation sites excluding steroid dienone is 1. The van der Waals surface area contributed by atoms with Gasteiger partial charge in [0.2, 0.25) is 5.88 Å². The van der Waals surface area contributed by atoms with Gasteiger partial charge in [-0.25, -0.2) is 0 Å². The van der Waals surface area contributed by atoms with Crippen molar-refractivity contribution in [3.63, 3.8) is 0 Å². The molecule has 0 aliphatic carbocycles. The lowest BCUT2D eigenvalue weighted by atomic mass is 9.83. The first-order valence-electron chi connectivity index (χ1n) is 10.1. The Morgan fingerprint density at radius 3 is 2.74 bits per heavy atom. The molecule has 31 heavy (non-hydrogen) atoms. The van der Waals surface area contributed by atoms with Crippen molar-refractivity contribution in [2.75, 3.05) is 20.8 Å². The van der Waals surface area contributed by atoms with Crippen molar-refractivity contribution >= 4 is 0 Å². The monoisotopic (exact) mass is 423 g/mol. The minimum atomic E-state index is -0.748. The number of hydrogen-bond donors (Lipinski definition) is 1. The number of aromatic nitrogens is 1. The molecule has 1 saturated heterocycles. The third-order valence-corrected chi connectivity index (χ3v) is 5.85. The molecule has 8 nitrogen and oxygen atoms in total. The number of fused-ring (bicyclic) bond motifs is 1. The Balaban J connectivity index is 1.94. The molecule has 0 saturated carbocycles. The van der Waals surface area contributed by atoms with Gasteiger partial charge in [-0.1, -0.05) is 0 Å². The van der Waals surface area contributed by atoms with Crippen LogP contribution in [-0.2, 0) is 11.3 Å². The molecule has 1 aromatic carbocycles. The Hall–Kier alpha value is -3.44. The zero-order chi connectivity index (χ0) is 22.1. The fourth-order valence-electron chi connectivity index (χ4n) is 4.28. The number of rotatable bonds is 5. The maximum absolute atomic E-state index is 13.7. The van der Waals surface area contributed by atoms with Gasteiger partial charge in [0.1, 0.15) is 28.9 Å². The highest BCUT2D eigenvalue weighted by Crippen LogP contribution is 2.44. The molecule has 0 bridgehead atoms. The van der Waals surface area contributed by atoms with E-state index >= 15 is 0 Å². The topological polar surface area (TPSA) is 109 Å². The molecule has 0 amide bonds. The molecule has 2 aliphatic rings. The van der Waals surface area contributed by atoms with Crippen LogP contribution in [0.25, 0.3) is 0 Å². The van der Waals surface area contributed by atoms with E-state index in [9.17, 15) is 10.1 Å². The van der Waals surface area contributed by atoms with Crippen molar-refractivity contribution in [2.24, 2.45) is 5.73 Å². The van der Waals surface area contributed by atoms with Crippen LogP contribution >= 0.6 is 0 Å². The number of benzene rings is 1. The van der Waals surface area contributed by atoms with Crippen LogP contribution < -0.4 is 25.5 Å². The minimum Gasteiger partial charge on any atom is -0.497 e. The fraction of sp³-hybridized carbons (Fsp3) is 0.391. The largest absolute Gasteiger partial charge is 0.497 e. The Morgan fingerprint density at radius 1 is 1.29 bits per heavy atom. The second-order valence-corrected chi connectivity index (χ2v) is 7.65. The van der Waals surface area contributed by atoms with Gasteiger partial charge in [-0.2, -0.15) is 5.26 Å². The molecule has 162 valence electrons. The zero-order valence-electron chi connectivity index (χ0n) is 17.8. The van der Waals surface area contributed by atoms with E-state index in [0.717, 1.165) is 18.5 Å². The second kappa shape index (κ2) is 8.36. The molecule has 4 rings (SSSR count). The van der Waals surface area contributed by atoms with Gasteiger partial charge >= 0.3 is 0 Å². The molecule has 2 atom stereocenters. The number of aryl methyl sites for hydroxylation is 1. The van der Waals surface area contributed by atoms with Gasteiger partial charge < -0.3 is 29.2 Å². The molecule has 8 heteroatoms. The molecule has 2 N–H and O–H groups in total. The highest BCUT2D eigenvalue weighted by Gasteiger charge is 2.36. The summed E-state index contributed by atoms with van der Waals surface area (Å²) in [5.41, 5.74) is 7.71. The summed E-state index contributed by atoms with van der Waals surface area (Å²) >= 11 is 0. The first-order valence-corrected chi connectivity index (χ1v) is 10.1. The highest BCUT2D eigenvalue weighted by atomic mass is 16.5. The van der Waals surface area contributed by atoms with Crippen LogP contribution in [0.4, 0.5) is 0 Å². The predicted molar refractivity (Wildman–Crippen MR) is 113 cm³/mol. The quantitative estimate of drug-likeness (QED) is 0.787. The molecular formula is C23H25N3O5. The molecule has 0 unspecified atom stereocenters. The summed E-state index contributed by atoms with van der Waals surface area (Å²) in [6.45, 7) is 3.00. The lowest BCUT2D eigenvalue weighted by molar-refractivity contribution is 0.0954. The first kappa shape index (κ1) is 20.8. The van der Waals surface area contributed by atoms with Crippen LogP contribution in [0.5, 0.6) is 17.2 Å². The number of nitrogens with two attached hydrogens (primary N) is 1. The number of pyridine rings is 1. The van der Waals surface area contributed by atoms with Crippen LogP contribution in [0.15, 0.2) is 40.5 Å². The minimum absolute atomic E-state index is 0.0141. The predicted octanol–water partition coefficient (Wildman–Crippen LogP) is 2.57. The van der Waals surface area contributed by atoms with E-state index in [1.807, 2.05) is 6.92 Å². The molecule has 3 heterocycles. The molecule has 1 aromatic heterocycles. The van der Waals surface area contributed by atoms with E-state index in [4.69, 9.17) is 24.7 Å². The molecule has 2 aromatic rings. The summed E-state index contributed by atoms with van der Waals surface area (Å²) in [7, 11) is 3.09. The van der Waals surface area contributed by atoms with Crippen LogP contribution in [0.1, 0.15) is 35.6 Å². The van der Waals surface area contributed by atoms with E-state index < -0.39 is 5.92 Å². The standard InChI is InChI=1S/C23H25N3O5/c1-13-9-19-21(23(27)26(13)12-15-5-4-8-30-15)20(17(11-24)22(25)31-19)16-10-14(28-2)6-7-18(16)29-3/h6-7,9-10,15,20H,4-5,8,12,25H2,1-3H3/t15-,20-/m1/s1. The van der Waals surface area contributed by atoms with Crippen LogP contribution in [0, 0.1) is 18.3 Å². The number of methoxy groups -OCH3 is 2. The van der Waals surface area contributed by atoms with Gasteiger partial charge in [-0.15, -0.1) is 0 Å². The van der Waals surface area contributed by atoms with E-state index in [1.54, 1.807) is 35.9 Å². The van der Waals surface area contributed by atoms with E-state index in [2.05, 4.69) is 6.07 Å². The zero-order valence-corrected chi connectivity index (χ0v) is 17.8. The average Bonchev–Trinajstić information content (AvgIpc) is 3.28. The van der Waals surface area contributed by atoms with Gasteiger partial charge in [0.05, 0.1) is 38.3 Å². The van der Waals surface area contributed by atoms with Gasteiger partial charge in [0.25, 0.3) is 5.56 Å². The molecule has 2 aliphatic heterocycles. The third-order valence-electron chi connectivity index (χ3n) is 5.85. The Labute approximate surface area is 180 Å². The molecule has 0 spiro atoms. The maximum atomic E-state index is 13.7. The number of nitrogens with zero attached hydrogens (tertiary/aromatic N) is 2.